The minimum absolute atomic E-state index is 0.211. The predicted molar refractivity (Wildman–Crippen MR) is 57.4 cm³/mol. The number of halogens is 1. The van der Waals surface area contributed by atoms with Gasteiger partial charge in [0.15, 0.2) is 12.4 Å². The smallest absolute Gasteiger partial charge is 0.186 e. The van der Waals surface area contributed by atoms with Crippen LogP contribution in [0, 0.1) is 12.3 Å². The van der Waals surface area contributed by atoms with Gasteiger partial charge in [0, 0.05) is 37.7 Å². The summed E-state index contributed by atoms with van der Waals surface area (Å²) in [7, 11) is 5.18. The Kier molecular flexibility index (Phi) is 3.59. The number of hydrogen-bond acceptors (Lipinski definition) is 3. The van der Waals surface area contributed by atoms with E-state index in [2.05, 4.69) is 0 Å². The van der Waals surface area contributed by atoms with E-state index in [4.69, 9.17) is 16.6 Å². The van der Waals surface area contributed by atoms with Crippen LogP contribution in [-0.2, 0) is 9.47 Å². The Bertz CT molecular complexity index is 380. The van der Waals surface area contributed by atoms with Crippen LogP contribution >= 0.6 is 0 Å². The first-order valence-corrected chi connectivity index (χ1v) is 5.47. The van der Waals surface area contributed by atoms with E-state index in [9.17, 15) is 9.60 Å². The van der Waals surface area contributed by atoms with Crippen molar-refractivity contribution in [2.24, 2.45) is 0 Å². The summed E-state index contributed by atoms with van der Waals surface area (Å²) in [5.74, 6) is 0. The molecule has 0 saturated carbocycles. The quantitative estimate of drug-likeness (QED) is 0.594. The zero-order valence-electron chi connectivity index (χ0n) is 9.34. The molecule has 1 aliphatic rings. The highest BCUT2D eigenvalue weighted by Gasteiger charge is 2.42. The Morgan fingerprint density at radius 3 is 2.82 bits per heavy atom. The fraction of sp³-hybridized carbons (Fsp3) is 0.500. The van der Waals surface area contributed by atoms with Crippen molar-refractivity contribution in [3.63, 3.8) is 0 Å². The van der Waals surface area contributed by atoms with Crippen molar-refractivity contribution in [1.82, 2.24) is 0 Å². The predicted octanol–water partition coefficient (Wildman–Crippen LogP) is 1.56. The number of rotatable bonds is 3. The molecule has 0 spiro atoms. The molecule has 1 atom stereocenters. The Morgan fingerprint density at radius 2 is 2.24 bits per heavy atom. The monoisotopic (exact) mass is 239 g/mol. The average molecular weight is 239 g/mol. The van der Waals surface area contributed by atoms with Crippen LogP contribution < -0.4 is 4.73 Å². The van der Waals surface area contributed by atoms with E-state index in [0.717, 1.165) is 0 Å². The van der Waals surface area contributed by atoms with Crippen LogP contribution in [0.5, 0.6) is 0 Å². The second-order valence-electron chi connectivity index (χ2n) is 4.16. The van der Waals surface area contributed by atoms with E-state index in [1.807, 2.05) is 0 Å². The van der Waals surface area contributed by atoms with E-state index in [1.165, 1.54) is 18.5 Å². The largest absolute Gasteiger partial charge is 0.619 e. The molecule has 2 radical (unpaired) electrons. The molecule has 0 aromatic carbocycles. The van der Waals surface area contributed by atoms with Crippen LogP contribution in [0.15, 0.2) is 24.5 Å². The van der Waals surface area contributed by atoms with Gasteiger partial charge in [-0.3, -0.25) is 0 Å². The van der Waals surface area contributed by atoms with E-state index >= 15 is 0 Å². The lowest BCUT2D eigenvalue weighted by molar-refractivity contribution is -0.606. The highest BCUT2D eigenvalue weighted by atomic mass is 19.1. The molecular formula is C12H14FNO3. The highest BCUT2D eigenvalue weighted by Crippen LogP contribution is 2.39. The van der Waals surface area contributed by atoms with Gasteiger partial charge in [0.05, 0.1) is 0 Å². The summed E-state index contributed by atoms with van der Waals surface area (Å²) in [6.45, 7) is 0.668. The Morgan fingerprint density at radius 1 is 1.53 bits per heavy atom. The number of nitrogens with zero attached hydrogens (tertiary/aromatic N) is 1. The molecule has 0 bridgehead atoms. The van der Waals surface area contributed by atoms with Gasteiger partial charge in [-0.2, -0.15) is 4.73 Å². The van der Waals surface area contributed by atoms with Gasteiger partial charge in [0.25, 0.3) is 0 Å². The molecule has 92 valence electrons. The summed E-state index contributed by atoms with van der Waals surface area (Å²) < 4.78 is 25.1. The molecule has 2 heterocycles. The van der Waals surface area contributed by atoms with Crippen LogP contribution in [0.25, 0.3) is 0 Å². The molecule has 1 fully saturated rings. The van der Waals surface area contributed by atoms with Gasteiger partial charge in [-0.25, -0.2) is 4.39 Å². The van der Waals surface area contributed by atoms with Crippen molar-refractivity contribution in [2.75, 3.05) is 13.2 Å². The van der Waals surface area contributed by atoms with Crippen molar-refractivity contribution in [1.29, 1.82) is 0 Å². The number of ether oxygens (including phenoxy) is 2. The lowest BCUT2D eigenvalue weighted by Gasteiger charge is -2.35. The first-order chi connectivity index (χ1) is 8.15. The van der Waals surface area contributed by atoms with Crippen molar-refractivity contribution in [2.45, 2.75) is 24.6 Å². The van der Waals surface area contributed by atoms with Crippen molar-refractivity contribution < 1.29 is 18.6 Å². The van der Waals surface area contributed by atoms with Crippen LogP contribution in [0.2, 0.25) is 0 Å². The molecule has 2 rings (SSSR count). The number of pyridine rings is 1. The van der Waals surface area contributed by atoms with Crippen LogP contribution in [0.4, 0.5) is 4.39 Å². The number of alkyl halides is 1. The van der Waals surface area contributed by atoms with E-state index in [-0.39, 0.29) is 12.8 Å². The molecular weight excluding hydrogens is 225 g/mol. The Balaban J connectivity index is 2.26. The first-order valence-electron chi connectivity index (χ1n) is 5.47. The normalized spacial score (nSPS) is 21.1. The molecule has 1 aromatic rings. The first kappa shape index (κ1) is 12.3. The van der Waals surface area contributed by atoms with Gasteiger partial charge in [0.1, 0.15) is 18.9 Å². The van der Waals surface area contributed by atoms with Crippen molar-refractivity contribution in [3.8, 4) is 0 Å². The fourth-order valence-corrected chi connectivity index (χ4v) is 2.10. The van der Waals surface area contributed by atoms with Gasteiger partial charge < -0.3 is 14.7 Å². The molecule has 0 amide bonds. The summed E-state index contributed by atoms with van der Waals surface area (Å²) in [5, 5.41) is 11.2. The van der Waals surface area contributed by atoms with Crippen molar-refractivity contribution in [3.05, 3.63) is 42.4 Å². The minimum atomic E-state index is -1.58. The van der Waals surface area contributed by atoms with Gasteiger partial charge in [-0.1, -0.05) is 0 Å². The third-order valence-electron chi connectivity index (χ3n) is 3.03. The van der Waals surface area contributed by atoms with E-state index in [0.29, 0.717) is 23.5 Å². The summed E-state index contributed by atoms with van der Waals surface area (Å²) in [6.07, 6.45) is 2.08. The summed E-state index contributed by atoms with van der Waals surface area (Å²) in [4.78, 5) is 0. The molecule has 1 unspecified atom stereocenters. The Hall–Kier alpha value is -1.20. The molecule has 1 aliphatic heterocycles. The molecule has 17 heavy (non-hydrogen) atoms. The van der Waals surface area contributed by atoms with Crippen LogP contribution in [0.1, 0.15) is 24.5 Å². The van der Waals surface area contributed by atoms with Gasteiger partial charge in [-0.15, -0.1) is 0 Å². The van der Waals surface area contributed by atoms with E-state index < -0.39 is 11.8 Å². The Labute approximate surface area is 99.6 Å². The highest BCUT2D eigenvalue weighted by molar-refractivity contribution is 5.15. The summed E-state index contributed by atoms with van der Waals surface area (Å²) in [5.41, 5.74) is -1.14. The maximum atomic E-state index is 14.7. The maximum absolute atomic E-state index is 14.7. The fourth-order valence-electron chi connectivity index (χ4n) is 2.10. The molecule has 0 N–H and O–H groups in total. The van der Waals surface area contributed by atoms with E-state index in [1.54, 1.807) is 6.07 Å². The van der Waals surface area contributed by atoms with Crippen molar-refractivity contribution >= 4 is 0 Å². The third-order valence-corrected chi connectivity index (χ3v) is 3.03. The molecule has 4 nitrogen and oxygen atoms in total. The van der Waals surface area contributed by atoms with Gasteiger partial charge in [-0.05, 0) is 6.07 Å². The average Bonchev–Trinajstić information content (AvgIpc) is 2.30. The molecule has 5 heteroatoms. The standard InChI is InChI=1S/C12H14FNO3/c1-16-11(10-3-2-6-14(15)9-10)12(13)4-7-17-8-5-12/h1-3,6,9,11H,4-5,7-8H2. The second kappa shape index (κ2) is 4.98. The topological polar surface area (TPSA) is 45.4 Å². The van der Waals surface area contributed by atoms with Gasteiger partial charge >= 0.3 is 0 Å². The molecule has 1 aromatic heterocycles. The summed E-state index contributed by atoms with van der Waals surface area (Å²) in [6, 6.07) is 3.17. The maximum Gasteiger partial charge on any atom is 0.186 e. The zero-order valence-corrected chi connectivity index (χ0v) is 9.34. The molecule has 0 aliphatic carbocycles. The lowest BCUT2D eigenvalue weighted by Crippen LogP contribution is -2.39. The van der Waals surface area contributed by atoms with Gasteiger partial charge in [0.2, 0.25) is 0 Å². The van der Waals surface area contributed by atoms with Crippen LogP contribution in [0.3, 0.4) is 0 Å². The zero-order chi connectivity index (χ0) is 12.3. The number of aromatic nitrogens is 1. The number of hydrogen-bond donors (Lipinski definition) is 0. The summed E-state index contributed by atoms with van der Waals surface area (Å²) >= 11 is 0. The third kappa shape index (κ3) is 2.56. The second-order valence-corrected chi connectivity index (χ2v) is 4.16. The SMILES string of the molecule is [CH]OC(c1ccc[n+]([O-])c1)C1(F)CCOCC1. The molecule has 1 saturated heterocycles. The minimum Gasteiger partial charge on any atom is -0.619 e. The van der Waals surface area contributed by atoms with Crippen LogP contribution in [-0.4, -0.2) is 18.9 Å². The lowest BCUT2D eigenvalue weighted by atomic mass is 9.86.